The maximum absolute atomic E-state index is 13.5. The molecule has 0 bridgehead atoms. The first-order chi connectivity index (χ1) is 14.2. The van der Waals surface area contributed by atoms with E-state index in [0.29, 0.717) is 18.7 Å². The van der Waals surface area contributed by atoms with Crippen molar-refractivity contribution in [3.63, 3.8) is 0 Å². The van der Waals surface area contributed by atoms with Crippen LogP contribution < -0.4 is 4.90 Å². The molecule has 2 aliphatic rings. The Morgan fingerprint density at radius 1 is 1.21 bits per heavy atom. The number of morpholine rings is 1. The van der Waals surface area contributed by atoms with Crippen LogP contribution in [-0.2, 0) is 16.0 Å². The summed E-state index contributed by atoms with van der Waals surface area (Å²) in [5.41, 5.74) is 3.90. The number of hydrogen-bond donors (Lipinski definition) is 0. The van der Waals surface area contributed by atoms with Crippen molar-refractivity contribution in [2.75, 3.05) is 44.4 Å². The molecule has 1 aromatic heterocycles. The molecule has 1 amide bonds. The van der Waals surface area contributed by atoms with Crippen LogP contribution in [0.1, 0.15) is 34.5 Å². The molecule has 1 aromatic carbocycles. The quantitative estimate of drug-likeness (QED) is 0.753. The molecule has 0 saturated carbocycles. The number of benzene rings is 1. The van der Waals surface area contributed by atoms with Crippen LogP contribution in [-0.4, -0.2) is 61.3 Å². The van der Waals surface area contributed by atoms with E-state index in [1.165, 1.54) is 5.56 Å². The Morgan fingerprint density at radius 2 is 2.07 bits per heavy atom. The minimum atomic E-state index is 0.0284. The lowest BCUT2D eigenvalue weighted by Crippen LogP contribution is -2.38. The molecule has 2 aliphatic heterocycles. The normalized spacial score (nSPS) is 19.3. The second-order valence-electron chi connectivity index (χ2n) is 7.74. The van der Waals surface area contributed by atoms with Gasteiger partial charge in [-0.05, 0) is 49.6 Å². The van der Waals surface area contributed by atoms with E-state index in [2.05, 4.69) is 16.8 Å². The van der Waals surface area contributed by atoms with E-state index < -0.39 is 0 Å². The number of carbonyl (C=O) groups is 1. The van der Waals surface area contributed by atoms with Gasteiger partial charge in [0, 0.05) is 43.7 Å². The summed E-state index contributed by atoms with van der Waals surface area (Å²) >= 11 is 0. The highest BCUT2D eigenvalue weighted by Gasteiger charge is 2.25. The average Bonchev–Trinajstić information content (AvgIpc) is 3.28. The van der Waals surface area contributed by atoms with Gasteiger partial charge in [0.15, 0.2) is 0 Å². The van der Waals surface area contributed by atoms with Crippen LogP contribution in [0.5, 0.6) is 0 Å². The molecule has 0 radical (unpaired) electrons. The van der Waals surface area contributed by atoms with Crippen molar-refractivity contribution in [3.8, 4) is 0 Å². The van der Waals surface area contributed by atoms with E-state index in [0.717, 1.165) is 57.1 Å². The molecule has 0 aliphatic carbocycles. The number of hydrogen-bond acceptors (Lipinski definition) is 5. The van der Waals surface area contributed by atoms with Gasteiger partial charge in [-0.25, -0.2) is 0 Å². The lowest BCUT2D eigenvalue weighted by atomic mass is 10.1. The van der Waals surface area contributed by atoms with Gasteiger partial charge in [-0.2, -0.15) is 0 Å². The highest BCUT2D eigenvalue weighted by Crippen LogP contribution is 2.24. The Hall–Kier alpha value is -2.44. The zero-order valence-electron chi connectivity index (χ0n) is 17.0. The van der Waals surface area contributed by atoms with Crippen molar-refractivity contribution in [2.45, 2.75) is 32.4 Å². The molecular weight excluding hydrogens is 366 g/mol. The highest BCUT2D eigenvalue weighted by atomic mass is 16.5. The molecule has 0 N–H and O–H groups in total. The fraction of sp³-hybridized carbons (Fsp3) is 0.478. The highest BCUT2D eigenvalue weighted by molar-refractivity contribution is 5.95. The van der Waals surface area contributed by atoms with Crippen molar-refractivity contribution >= 4 is 11.6 Å². The van der Waals surface area contributed by atoms with Gasteiger partial charge in [0.2, 0.25) is 0 Å². The van der Waals surface area contributed by atoms with E-state index in [-0.39, 0.29) is 12.0 Å². The number of ether oxygens (including phenoxy) is 2. The number of rotatable bonds is 6. The maximum atomic E-state index is 13.5. The second kappa shape index (κ2) is 9.37. The molecule has 6 heteroatoms. The monoisotopic (exact) mass is 395 g/mol. The Bertz CT molecular complexity index is 815. The number of aromatic nitrogens is 1. The minimum Gasteiger partial charge on any atom is -0.378 e. The summed E-state index contributed by atoms with van der Waals surface area (Å²) < 4.78 is 11.3. The Balaban J connectivity index is 1.57. The van der Waals surface area contributed by atoms with Crippen LogP contribution in [0.4, 0.5) is 5.69 Å². The van der Waals surface area contributed by atoms with Gasteiger partial charge in [0.1, 0.15) is 0 Å². The summed E-state index contributed by atoms with van der Waals surface area (Å²) in [4.78, 5) is 22.1. The van der Waals surface area contributed by atoms with Gasteiger partial charge in [-0.15, -0.1) is 0 Å². The summed E-state index contributed by atoms with van der Waals surface area (Å²) in [6.45, 7) is 7.11. The van der Waals surface area contributed by atoms with E-state index in [4.69, 9.17) is 9.47 Å². The Kier molecular flexibility index (Phi) is 6.42. The molecule has 3 heterocycles. The molecule has 6 nitrogen and oxygen atoms in total. The zero-order chi connectivity index (χ0) is 20.1. The van der Waals surface area contributed by atoms with Crippen LogP contribution in [0.15, 0.2) is 42.6 Å². The summed E-state index contributed by atoms with van der Waals surface area (Å²) in [5, 5.41) is 0. The van der Waals surface area contributed by atoms with Crippen molar-refractivity contribution in [1.82, 2.24) is 9.88 Å². The summed E-state index contributed by atoms with van der Waals surface area (Å²) in [6.07, 6.45) is 3.93. The van der Waals surface area contributed by atoms with Crippen molar-refractivity contribution in [3.05, 3.63) is 59.4 Å². The molecule has 4 rings (SSSR count). The molecule has 2 aromatic rings. The molecule has 2 saturated heterocycles. The molecule has 0 spiro atoms. The largest absolute Gasteiger partial charge is 0.378 e. The summed E-state index contributed by atoms with van der Waals surface area (Å²) in [7, 11) is 0. The lowest BCUT2D eigenvalue weighted by Gasteiger charge is -2.31. The topological polar surface area (TPSA) is 54.9 Å². The van der Waals surface area contributed by atoms with E-state index >= 15 is 0 Å². The van der Waals surface area contributed by atoms with Gasteiger partial charge in [-0.1, -0.05) is 12.1 Å². The smallest absolute Gasteiger partial charge is 0.254 e. The number of pyridine rings is 1. The fourth-order valence-corrected chi connectivity index (χ4v) is 4.01. The average molecular weight is 396 g/mol. The van der Waals surface area contributed by atoms with Gasteiger partial charge in [-0.3, -0.25) is 9.78 Å². The van der Waals surface area contributed by atoms with Gasteiger partial charge >= 0.3 is 0 Å². The third-order valence-electron chi connectivity index (χ3n) is 5.62. The predicted octanol–water partition coefficient (Wildman–Crippen LogP) is 3.05. The molecular formula is C23H29N3O3. The second-order valence-corrected chi connectivity index (χ2v) is 7.74. The van der Waals surface area contributed by atoms with Gasteiger partial charge < -0.3 is 19.3 Å². The molecule has 2 fully saturated rings. The number of nitrogens with zero attached hydrogens (tertiary/aromatic N) is 3. The molecule has 1 atom stereocenters. The number of anilines is 1. The first kappa shape index (κ1) is 19.9. The summed E-state index contributed by atoms with van der Waals surface area (Å²) in [6, 6.07) is 11.8. The molecule has 0 unspecified atom stereocenters. The van der Waals surface area contributed by atoms with Crippen molar-refractivity contribution in [1.29, 1.82) is 0 Å². The number of aryl methyl sites for hydroxylation is 1. The van der Waals surface area contributed by atoms with E-state index in [1.54, 1.807) is 6.20 Å². The lowest BCUT2D eigenvalue weighted by molar-refractivity contribution is 0.0504. The first-order valence-electron chi connectivity index (χ1n) is 10.4. The Labute approximate surface area is 172 Å². The number of amides is 1. The SMILES string of the molecule is Cc1ccc(C(=O)N(Cc2ccccn2)C[C@@H]2CCCO2)cc1N1CCOCC1. The van der Waals surface area contributed by atoms with Crippen molar-refractivity contribution < 1.29 is 14.3 Å². The third kappa shape index (κ3) is 4.95. The van der Waals surface area contributed by atoms with Gasteiger partial charge in [0.25, 0.3) is 5.91 Å². The first-order valence-corrected chi connectivity index (χ1v) is 10.4. The summed E-state index contributed by atoms with van der Waals surface area (Å²) in [5.74, 6) is 0.0284. The minimum absolute atomic E-state index is 0.0284. The van der Waals surface area contributed by atoms with Crippen LogP contribution >= 0.6 is 0 Å². The Morgan fingerprint density at radius 3 is 2.79 bits per heavy atom. The van der Waals surface area contributed by atoms with Crippen LogP contribution in [0, 0.1) is 6.92 Å². The predicted molar refractivity (Wildman–Crippen MR) is 112 cm³/mol. The van der Waals surface area contributed by atoms with Crippen LogP contribution in [0.2, 0.25) is 0 Å². The molecule has 154 valence electrons. The maximum Gasteiger partial charge on any atom is 0.254 e. The van der Waals surface area contributed by atoms with Crippen LogP contribution in [0.3, 0.4) is 0 Å². The zero-order valence-corrected chi connectivity index (χ0v) is 17.0. The third-order valence-corrected chi connectivity index (χ3v) is 5.62. The number of carbonyl (C=O) groups excluding carboxylic acids is 1. The fourth-order valence-electron chi connectivity index (χ4n) is 4.01. The van der Waals surface area contributed by atoms with Crippen molar-refractivity contribution in [2.24, 2.45) is 0 Å². The van der Waals surface area contributed by atoms with Crippen LogP contribution in [0.25, 0.3) is 0 Å². The van der Waals surface area contributed by atoms with Gasteiger partial charge in [0.05, 0.1) is 31.6 Å². The van der Waals surface area contributed by atoms with E-state index in [1.807, 2.05) is 41.3 Å². The molecule has 29 heavy (non-hydrogen) atoms. The van der Waals surface area contributed by atoms with E-state index in [9.17, 15) is 4.79 Å². The standard InChI is InChI=1S/C23H29N3O3/c1-18-7-8-19(15-22(18)25-10-13-28-14-11-25)23(27)26(17-21-6-4-12-29-21)16-20-5-2-3-9-24-20/h2-3,5,7-9,15,21H,4,6,10-14,16-17H2,1H3/t21-/m0/s1.